The van der Waals surface area contributed by atoms with E-state index in [0.29, 0.717) is 0 Å². The second kappa shape index (κ2) is 2.72. The van der Waals surface area contributed by atoms with Crippen molar-refractivity contribution in [1.82, 2.24) is 0 Å². The van der Waals surface area contributed by atoms with Gasteiger partial charge in [-0.2, -0.15) is 0 Å². The summed E-state index contributed by atoms with van der Waals surface area (Å²) in [6.45, 7) is 4.63. The molecule has 2 bridgehead atoms. The molecule has 0 aliphatic carbocycles. The Balaban J connectivity index is 2.52. The van der Waals surface area contributed by atoms with E-state index in [1.54, 1.807) is 13.8 Å². The number of fused-ring (bicyclic) bond motifs is 3. The predicted octanol–water partition coefficient (Wildman–Crippen LogP) is -0.138. The summed E-state index contributed by atoms with van der Waals surface area (Å²) in [5.41, 5.74) is -2.69. The Bertz CT molecular complexity index is 339. The van der Waals surface area contributed by atoms with E-state index < -0.39 is 29.7 Å². The first kappa shape index (κ1) is 10.4. The summed E-state index contributed by atoms with van der Waals surface area (Å²) < 4.78 is 10.1. The van der Waals surface area contributed by atoms with Crippen LogP contribution in [0.15, 0.2) is 0 Å². The van der Waals surface area contributed by atoms with Gasteiger partial charge in [0.2, 0.25) is 11.2 Å². The highest BCUT2D eigenvalue weighted by Crippen LogP contribution is 2.48. The van der Waals surface area contributed by atoms with E-state index >= 15 is 0 Å². The van der Waals surface area contributed by atoms with Crippen LogP contribution in [0.5, 0.6) is 0 Å². The summed E-state index contributed by atoms with van der Waals surface area (Å²) in [5.74, 6) is -1.62. The minimum atomic E-state index is -1.49. The van der Waals surface area contributed by atoms with E-state index in [1.165, 1.54) is 0 Å². The minimum Gasteiger partial charge on any atom is -0.444 e. The van der Waals surface area contributed by atoms with Crippen LogP contribution in [-0.2, 0) is 19.1 Å². The molecule has 4 atom stereocenters. The molecule has 4 unspecified atom stereocenters. The number of esters is 2. The lowest BCUT2D eigenvalue weighted by Crippen LogP contribution is -2.73. The largest absolute Gasteiger partial charge is 0.444 e. The number of ether oxygens (including phenoxy) is 2. The van der Waals surface area contributed by atoms with Crippen LogP contribution in [-0.4, -0.2) is 34.9 Å². The van der Waals surface area contributed by atoms with Crippen LogP contribution in [0.3, 0.4) is 0 Å². The maximum Gasteiger partial charge on any atom is 0.354 e. The molecule has 0 aromatic heterocycles. The van der Waals surface area contributed by atoms with Gasteiger partial charge in [0.15, 0.2) is 0 Å². The minimum absolute atomic E-state index is 0.163. The average molecular weight is 214 g/mol. The lowest BCUT2D eigenvalue weighted by atomic mass is 9.67. The third kappa shape index (κ3) is 0.963. The van der Waals surface area contributed by atoms with E-state index in [1.807, 2.05) is 6.92 Å². The molecule has 5 heteroatoms. The van der Waals surface area contributed by atoms with Crippen LogP contribution in [0.2, 0.25) is 0 Å². The molecular weight excluding hydrogens is 200 g/mol. The van der Waals surface area contributed by atoms with Crippen molar-refractivity contribution in [3.8, 4) is 0 Å². The Labute approximate surface area is 87.4 Å². The molecule has 0 saturated carbocycles. The Morgan fingerprint density at radius 1 is 1.20 bits per heavy atom. The van der Waals surface area contributed by atoms with Gasteiger partial charge in [0.1, 0.15) is 0 Å². The van der Waals surface area contributed by atoms with Crippen molar-refractivity contribution in [2.75, 3.05) is 6.61 Å². The second-order valence-electron chi connectivity index (χ2n) is 4.51. The summed E-state index contributed by atoms with van der Waals surface area (Å²) in [6, 6.07) is 0. The van der Waals surface area contributed by atoms with E-state index in [-0.39, 0.29) is 11.8 Å². The smallest absolute Gasteiger partial charge is 0.354 e. The predicted molar refractivity (Wildman–Crippen MR) is 48.7 cm³/mol. The molecule has 3 fully saturated rings. The number of aliphatic hydroxyl groups excluding tert-OH is 1. The second-order valence-corrected chi connectivity index (χ2v) is 4.51. The zero-order valence-corrected chi connectivity index (χ0v) is 8.94. The summed E-state index contributed by atoms with van der Waals surface area (Å²) >= 11 is 0. The Morgan fingerprint density at radius 3 is 2.33 bits per heavy atom. The van der Waals surface area contributed by atoms with Gasteiger partial charge in [-0.3, -0.25) is 0 Å². The van der Waals surface area contributed by atoms with Gasteiger partial charge in [0, 0.05) is 11.8 Å². The van der Waals surface area contributed by atoms with Gasteiger partial charge in [-0.1, -0.05) is 13.8 Å². The topological polar surface area (TPSA) is 72.8 Å². The number of carbonyl (C=O) groups excluding carboxylic acids is 2. The lowest BCUT2D eigenvalue weighted by molar-refractivity contribution is -0.273. The number of hydrogen-bond acceptors (Lipinski definition) is 5. The lowest BCUT2D eigenvalue weighted by Gasteiger charge is -2.54. The third-order valence-electron chi connectivity index (χ3n) is 3.92. The highest BCUT2D eigenvalue weighted by molar-refractivity contribution is 5.95. The first-order valence-corrected chi connectivity index (χ1v) is 4.96. The summed E-state index contributed by atoms with van der Waals surface area (Å²) in [5, 5.41) is 9.25. The number of aliphatic hydroxyl groups is 1. The molecule has 0 amide bonds. The standard InChI is InChI=1S/C10H14O5/c1-5-6(2)10(4-11)8(13)14-9(5,3)7(12)15-10/h5-6,11H,4H2,1-3H3. The molecule has 0 aromatic rings. The van der Waals surface area contributed by atoms with Crippen LogP contribution in [0.25, 0.3) is 0 Å². The van der Waals surface area contributed by atoms with Gasteiger partial charge in [-0.15, -0.1) is 0 Å². The number of carbonyl (C=O) groups is 2. The van der Waals surface area contributed by atoms with Gasteiger partial charge in [-0.05, 0) is 6.92 Å². The Kier molecular flexibility index (Phi) is 1.89. The van der Waals surface area contributed by atoms with Crippen LogP contribution in [0.1, 0.15) is 20.8 Å². The molecule has 84 valence electrons. The first-order valence-electron chi connectivity index (χ1n) is 4.96. The van der Waals surface area contributed by atoms with Crippen molar-refractivity contribution in [3.05, 3.63) is 0 Å². The zero-order valence-electron chi connectivity index (χ0n) is 8.94. The van der Waals surface area contributed by atoms with Gasteiger partial charge in [0.05, 0.1) is 6.61 Å². The molecule has 15 heavy (non-hydrogen) atoms. The molecule has 0 radical (unpaired) electrons. The Morgan fingerprint density at radius 2 is 1.80 bits per heavy atom. The molecule has 3 saturated heterocycles. The highest BCUT2D eigenvalue weighted by atomic mass is 16.7. The molecule has 1 N–H and O–H groups in total. The maximum absolute atomic E-state index is 11.7. The average Bonchev–Trinajstić information content (AvgIpc) is 2.19. The van der Waals surface area contributed by atoms with Gasteiger partial charge in [-0.25, -0.2) is 9.59 Å². The molecule has 5 nitrogen and oxygen atoms in total. The normalized spacial score (nSPS) is 48.8. The van der Waals surface area contributed by atoms with Crippen molar-refractivity contribution >= 4 is 11.9 Å². The summed E-state index contributed by atoms with van der Waals surface area (Å²) in [6.07, 6.45) is 0. The monoisotopic (exact) mass is 214 g/mol. The van der Waals surface area contributed by atoms with Gasteiger partial charge in [0.25, 0.3) is 0 Å². The highest BCUT2D eigenvalue weighted by Gasteiger charge is 2.68. The summed E-state index contributed by atoms with van der Waals surface area (Å²) in [4.78, 5) is 23.3. The van der Waals surface area contributed by atoms with Crippen LogP contribution in [0, 0.1) is 11.8 Å². The zero-order chi connectivity index (χ0) is 11.4. The van der Waals surface area contributed by atoms with Crippen molar-refractivity contribution in [1.29, 1.82) is 0 Å². The van der Waals surface area contributed by atoms with Crippen molar-refractivity contribution in [2.45, 2.75) is 32.0 Å². The first-order chi connectivity index (χ1) is 6.88. The fourth-order valence-corrected chi connectivity index (χ4v) is 2.31. The van der Waals surface area contributed by atoms with E-state index in [4.69, 9.17) is 9.47 Å². The van der Waals surface area contributed by atoms with Gasteiger partial charge >= 0.3 is 11.9 Å². The van der Waals surface area contributed by atoms with Crippen LogP contribution >= 0.6 is 0 Å². The summed E-state index contributed by atoms with van der Waals surface area (Å²) in [7, 11) is 0. The van der Waals surface area contributed by atoms with Crippen molar-refractivity contribution in [2.24, 2.45) is 11.8 Å². The number of hydrogen-bond donors (Lipinski definition) is 1. The van der Waals surface area contributed by atoms with Gasteiger partial charge < -0.3 is 14.6 Å². The van der Waals surface area contributed by atoms with Crippen LogP contribution < -0.4 is 0 Å². The third-order valence-corrected chi connectivity index (χ3v) is 3.92. The van der Waals surface area contributed by atoms with Crippen molar-refractivity contribution < 1.29 is 24.2 Å². The molecule has 0 aromatic carbocycles. The van der Waals surface area contributed by atoms with Crippen LogP contribution in [0.4, 0.5) is 0 Å². The van der Waals surface area contributed by atoms with Crippen molar-refractivity contribution in [3.63, 3.8) is 0 Å². The fraction of sp³-hybridized carbons (Fsp3) is 0.800. The molecule has 3 aliphatic heterocycles. The van der Waals surface area contributed by atoms with E-state index in [2.05, 4.69) is 0 Å². The molecule has 3 heterocycles. The maximum atomic E-state index is 11.7. The quantitative estimate of drug-likeness (QED) is 0.615. The molecule has 3 aliphatic rings. The molecule has 3 rings (SSSR count). The molecular formula is C10H14O5. The van der Waals surface area contributed by atoms with E-state index in [0.717, 1.165) is 0 Å². The molecule has 0 spiro atoms. The number of rotatable bonds is 1. The van der Waals surface area contributed by atoms with E-state index in [9.17, 15) is 14.7 Å². The Hall–Kier alpha value is -1.10. The fourth-order valence-electron chi connectivity index (χ4n) is 2.31. The SMILES string of the molecule is CC1C(C)C2(CO)OC(=O)C1(C)OC2=O.